The van der Waals surface area contributed by atoms with E-state index in [1.807, 2.05) is 31.2 Å². The van der Waals surface area contributed by atoms with Crippen molar-refractivity contribution in [3.05, 3.63) is 72.6 Å². The summed E-state index contributed by atoms with van der Waals surface area (Å²) in [6, 6.07) is 15.5. The molecule has 0 fully saturated rings. The van der Waals surface area contributed by atoms with E-state index in [0.717, 1.165) is 11.3 Å². The van der Waals surface area contributed by atoms with Gasteiger partial charge in [0.05, 0.1) is 18.0 Å². The lowest BCUT2D eigenvalue weighted by Crippen LogP contribution is -2.30. The first-order chi connectivity index (χ1) is 14.4. The molecule has 30 heavy (non-hydrogen) atoms. The number of ether oxygens (including phenoxy) is 1. The van der Waals surface area contributed by atoms with E-state index in [1.165, 1.54) is 24.5 Å². The molecule has 1 atom stereocenters. The van der Waals surface area contributed by atoms with Crippen LogP contribution in [0.4, 0.5) is 11.6 Å². The smallest absolute Gasteiger partial charge is 0.264 e. The molecule has 1 unspecified atom stereocenters. The van der Waals surface area contributed by atoms with Gasteiger partial charge in [0.2, 0.25) is 5.95 Å². The van der Waals surface area contributed by atoms with E-state index in [-0.39, 0.29) is 16.9 Å². The van der Waals surface area contributed by atoms with Gasteiger partial charge >= 0.3 is 0 Å². The molecule has 0 saturated heterocycles. The molecule has 3 aromatic rings. The van der Waals surface area contributed by atoms with Gasteiger partial charge in [-0.05, 0) is 67.2 Å². The molecular weight excluding hydrogens is 422 g/mol. The number of nitrogens with one attached hydrogen (secondary N) is 3. The zero-order chi connectivity index (χ0) is 21.6. The topological polar surface area (TPSA) is 105 Å². The standard InChI is InChI=1S/C20H21N5O3S2/c1-14(15-5-3-6-17(13-15)28-2)23-20(29)24-16-7-9-18(10-8-16)30(26,27)25-19-21-11-4-12-22-19/h3-14H,1-2H3,(H,21,22,25)(H2,23,24,29). The molecule has 0 saturated carbocycles. The molecule has 2 aromatic carbocycles. The quantitative estimate of drug-likeness (QED) is 0.478. The van der Waals surface area contributed by atoms with E-state index < -0.39 is 10.0 Å². The summed E-state index contributed by atoms with van der Waals surface area (Å²) in [5.74, 6) is 0.781. The highest BCUT2D eigenvalue weighted by Gasteiger charge is 2.15. The summed E-state index contributed by atoms with van der Waals surface area (Å²) in [6.07, 6.45) is 2.91. The average Bonchev–Trinajstić information content (AvgIpc) is 2.74. The fourth-order valence-electron chi connectivity index (χ4n) is 2.61. The Hall–Kier alpha value is -3.24. The molecule has 8 nitrogen and oxygen atoms in total. The summed E-state index contributed by atoms with van der Waals surface area (Å²) in [5.41, 5.74) is 1.68. The first kappa shape index (κ1) is 21.5. The zero-order valence-corrected chi connectivity index (χ0v) is 18.0. The van der Waals surface area contributed by atoms with Crippen molar-refractivity contribution in [2.24, 2.45) is 0 Å². The molecule has 1 heterocycles. The summed E-state index contributed by atoms with van der Waals surface area (Å²) in [5, 5.41) is 6.65. The normalized spacial score (nSPS) is 11.9. The number of methoxy groups -OCH3 is 1. The maximum absolute atomic E-state index is 12.4. The molecule has 0 aliphatic carbocycles. The van der Waals surface area contributed by atoms with Gasteiger partial charge in [-0.2, -0.15) is 0 Å². The van der Waals surface area contributed by atoms with Crippen molar-refractivity contribution in [1.82, 2.24) is 15.3 Å². The number of nitrogens with zero attached hydrogens (tertiary/aromatic N) is 2. The molecule has 0 radical (unpaired) electrons. The largest absolute Gasteiger partial charge is 0.497 e. The lowest BCUT2D eigenvalue weighted by Gasteiger charge is -2.18. The van der Waals surface area contributed by atoms with E-state index in [1.54, 1.807) is 25.3 Å². The van der Waals surface area contributed by atoms with Gasteiger partial charge in [0.15, 0.2) is 5.11 Å². The van der Waals surface area contributed by atoms with E-state index in [9.17, 15) is 8.42 Å². The molecule has 0 amide bonds. The van der Waals surface area contributed by atoms with Crippen LogP contribution < -0.4 is 20.1 Å². The second-order valence-corrected chi connectivity index (χ2v) is 8.39. The van der Waals surface area contributed by atoms with Gasteiger partial charge in [-0.1, -0.05) is 12.1 Å². The van der Waals surface area contributed by atoms with Crippen LogP contribution in [0.25, 0.3) is 0 Å². The maximum Gasteiger partial charge on any atom is 0.264 e. The summed E-state index contributed by atoms with van der Waals surface area (Å²) >= 11 is 5.37. The van der Waals surface area contributed by atoms with Crippen molar-refractivity contribution < 1.29 is 13.2 Å². The Labute approximate surface area is 180 Å². The highest BCUT2D eigenvalue weighted by atomic mass is 32.2. The number of aromatic nitrogens is 2. The minimum Gasteiger partial charge on any atom is -0.497 e. The van der Waals surface area contributed by atoms with Crippen LogP contribution in [-0.4, -0.2) is 30.6 Å². The van der Waals surface area contributed by atoms with Crippen LogP contribution in [0.2, 0.25) is 0 Å². The first-order valence-electron chi connectivity index (χ1n) is 8.99. The minimum atomic E-state index is -3.78. The number of rotatable bonds is 7. The second kappa shape index (κ2) is 9.51. The maximum atomic E-state index is 12.4. The van der Waals surface area contributed by atoms with Crippen molar-refractivity contribution in [2.75, 3.05) is 17.1 Å². The van der Waals surface area contributed by atoms with Gasteiger partial charge in [-0.3, -0.25) is 0 Å². The highest BCUT2D eigenvalue weighted by Crippen LogP contribution is 2.20. The number of hydrogen-bond acceptors (Lipinski definition) is 6. The van der Waals surface area contributed by atoms with Crippen LogP contribution in [0.1, 0.15) is 18.5 Å². The third kappa shape index (κ3) is 5.65. The van der Waals surface area contributed by atoms with Gasteiger partial charge in [0, 0.05) is 18.1 Å². The lowest BCUT2D eigenvalue weighted by molar-refractivity contribution is 0.413. The van der Waals surface area contributed by atoms with E-state index in [2.05, 4.69) is 25.3 Å². The predicted octanol–water partition coefficient (Wildman–Crippen LogP) is 3.33. The summed E-state index contributed by atoms with van der Waals surface area (Å²) in [4.78, 5) is 7.81. The number of thiocarbonyl (C=S) groups is 1. The Kier molecular flexibility index (Phi) is 6.80. The molecule has 0 aliphatic heterocycles. The SMILES string of the molecule is COc1cccc(C(C)NC(=S)Nc2ccc(S(=O)(=O)Nc3ncccn3)cc2)c1. The molecule has 0 spiro atoms. The Bertz CT molecular complexity index is 1110. The van der Waals surface area contributed by atoms with E-state index >= 15 is 0 Å². The monoisotopic (exact) mass is 443 g/mol. The van der Waals surface area contributed by atoms with Crippen LogP contribution in [0, 0.1) is 0 Å². The van der Waals surface area contributed by atoms with Gasteiger partial charge in [0.25, 0.3) is 10.0 Å². The van der Waals surface area contributed by atoms with Gasteiger partial charge in [-0.25, -0.2) is 23.1 Å². The van der Waals surface area contributed by atoms with E-state index in [4.69, 9.17) is 17.0 Å². The molecule has 3 N–H and O–H groups in total. The average molecular weight is 444 g/mol. The van der Waals surface area contributed by atoms with Crippen LogP contribution in [0.5, 0.6) is 5.75 Å². The van der Waals surface area contributed by atoms with Gasteiger partial charge in [-0.15, -0.1) is 0 Å². The fraction of sp³-hybridized carbons (Fsp3) is 0.150. The van der Waals surface area contributed by atoms with Gasteiger partial charge < -0.3 is 15.4 Å². The summed E-state index contributed by atoms with van der Waals surface area (Å²) < 4.78 is 32.4. The number of benzene rings is 2. The highest BCUT2D eigenvalue weighted by molar-refractivity contribution is 7.92. The van der Waals surface area contributed by atoms with Crippen molar-refractivity contribution in [3.8, 4) is 5.75 Å². The van der Waals surface area contributed by atoms with Crippen molar-refractivity contribution in [2.45, 2.75) is 17.9 Å². The van der Waals surface area contributed by atoms with Crippen LogP contribution in [-0.2, 0) is 10.0 Å². The molecule has 10 heteroatoms. The summed E-state index contributed by atoms with van der Waals surface area (Å²) in [6.45, 7) is 1.98. The lowest BCUT2D eigenvalue weighted by atomic mass is 10.1. The van der Waals surface area contributed by atoms with E-state index in [0.29, 0.717) is 10.8 Å². The molecule has 3 rings (SSSR count). The fourth-order valence-corrected chi connectivity index (χ4v) is 3.86. The van der Waals surface area contributed by atoms with Crippen LogP contribution >= 0.6 is 12.2 Å². The molecule has 156 valence electrons. The third-order valence-corrected chi connectivity index (χ3v) is 5.72. The summed E-state index contributed by atoms with van der Waals surface area (Å²) in [7, 11) is -2.16. The molecule has 1 aromatic heterocycles. The number of sulfonamides is 1. The predicted molar refractivity (Wildman–Crippen MR) is 120 cm³/mol. The van der Waals surface area contributed by atoms with Crippen molar-refractivity contribution >= 4 is 39.0 Å². The van der Waals surface area contributed by atoms with Crippen LogP contribution in [0.15, 0.2) is 71.9 Å². The molecule has 0 aliphatic rings. The Morgan fingerprint density at radius 3 is 2.43 bits per heavy atom. The Morgan fingerprint density at radius 2 is 1.77 bits per heavy atom. The zero-order valence-electron chi connectivity index (χ0n) is 16.4. The third-order valence-electron chi connectivity index (χ3n) is 4.16. The number of hydrogen-bond donors (Lipinski definition) is 3. The van der Waals surface area contributed by atoms with Gasteiger partial charge in [0.1, 0.15) is 5.75 Å². The Morgan fingerprint density at radius 1 is 1.07 bits per heavy atom. The van der Waals surface area contributed by atoms with Crippen LogP contribution in [0.3, 0.4) is 0 Å². The minimum absolute atomic E-state index is 0.0107. The molecule has 0 bridgehead atoms. The first-order valence-corrected chi connectivity index (χ1v) is 10.9. The molecular formula is C20H21N5O3S2. The van der Waals surface area contributed by atoms with Crippen molar-refractivity contribution in [3.63, 3.8) is 0 Å². The second-order valence-electron chi connectivity index (χ2n) is 6.30. The number of anilines is 2. The Balaban J connectivity index is 1.61. The van der Waals surface area contributed by atoms with Crippen molar-refractivity contribution in [1.29, 1.82) is 0 Å².